The SMILES string of the molecule is COc1ccc([C@@]23C(=O)N(Nc4ccc(Cl)cc4Cl)C(=O)[C@@H]2C[C@@H]2C(=CC[C@@H]4C(=O)N(CCC(=O)O)C(=O)[C@@H]42)[C@@H]3c2cc(OC(F)(F)F)ccc2O)cc1. The Balaban J connectivity index is 1.46. The van der Waals surface area contributed by atoms with Crippen LogP contribution in [0.25, 0.3) is 0 Å². The predicted molar refractivity (Wildman–Crippen MR) is 184 cm³/mol. The van der Waals surface area contributed by atoms with Gasteiger partial charge in [-0.25, -0.2) is 0 Å². The average Bonchev–Trinajstić information content (AvgIpc) is 3.49. The monoisotopic (exact) mass is 787 g/mol. The summed E-state index contributed by atoms with van der Waals surface area (Å²) in [4.78, 5) is 69.9. The molecule has 2 saturated heterocycles. The second kappa shape index (κ2) is 13.5. The predicted octanol–water partition coefficient (Wildman–Crippen LogP) is 6.07. The molecule has 3 aromatic rings. The first-order chi connectivity index (χ1) is 25.6. The molecule has 0 radical (unpaired) electrons. The van der Waals surface area contributed by atoms with Gasteiger partial charge in [-0.3, -0.25) is 34.3 Å². The second-order valence-electron chi connectivity index (χ2n) is 13.5. The highest BCUT2D eigenvalue weighted by Crippen LogP contribution is 2.65. The summed E-state index contributed by atoms with van der Waals surface area (Å²) in [5, 5.41) is 21.9. The Kier molecular flexibility index (Phi) is 9.29. The van der Waals surface area contributed by atoms with Crippen molar-refractivity contribution in [3.05, 3.63) is 93.5 Å². The van der Waals surface area contributed by atoms with Gasteiger partial charge in [-0.05, 0) is 72.9 Å². The summed E-state index contributed by atoms with van der Waals surface area (Å²) in [5.41, 5.74) is 1.30. The number of phenolic OH excluding ortho intramolecular Hbond substituents is 1. The molecular weight excluding hydrogens is 758 g/mol. The molecule has 7 rings (SSSR count). The van der Waals surface area contributed by atoms with E-state index in [9.17, 15) is 42.6 Å². The molecule has 0 aromatic heterocycles. The summed E-state index contributed by atoms with van der Waals surface area (Å²) in [5.74, 6) is -10.7. The lowest BCUT2D eigenvalue weighted by Gasteiger charge is -2.50. The van der Waals surface area contributed by atoms with Crippen LogP contribution in [0.5, 0.6) is 17.2 Å². The number of rotatable bonds is 9. The van der Waals surface area contributed by atoms with Crippen molar-refractivity contribution in [3.63, 3.8) is 0 Å². The highest BCUT2D eigenvalue weighted by molar-refractivity contribution is 6.36. The number of carboxylic acid groups (broad SMARTS) is 1. The number of aliphatic carboxylic acids is 1. The van der Waals surface area contributed by atoms with Gasteiger partial charge in [-0.15, -0.1) is 13.2 Å². The Morgan fingerprint density at radius 3 is 2.31 bits per heavy atom. The number of likely N-dealkylation sites (tertiary alicyclic amines) is 1. The third-order valence-corrected chi connectivity index (χ3v) is 11.3. The molecule has 0 bridgehead atoms. The number of carbonyl (C=O) groups excluding carboxylic acids is 4. The number of hydrogen-bond acceptors (Lipinski definition) is 9. The van der Waals surface area contributed by atoms with E-state index in [0.717, 1.165) is 28.1 Å². The van der Waals surface area contributed by atoms with E-state index < -0.39 is 88.9 Å². The fourth-order valence-electron chi connectivity index (χ4n) is 8.64. The number of benzene rings is 3. The van der Waals surface area contributed by atoms with Crippen LogP contribution < -0.4 is 14.9 Å². The van der Waals surface area contributed by atoms with Crippen LogP contribution in [0.3, 0.4) is 0 Å². The van der Waals surface area contributed by atoms with Gasteiger partial charge in [0.25, 0.3) is 11.8 Å². The summed E-state index contributed by atoms with van der Waals surface area (Å²) < 4.78 is 50.3. The third kappa shape index (κ3) is 5.99. The van der Waals surface area contributed by atoms with Crippen LogP contribution in [-0.4, -0.2) is 69.7 Å². The lowest BCUT2D eigenvalue weighted by Crippen LogP contribution is -2.53. The van der Waals surface area contributed by atoms with Crippen molar-refractivity contribution in [2.75, 3.05) is 19.1 Å². The second-order valence-corrected chi connectivity index (χ2v) is 14.3. The molecule has 0 unspecified atom stereocenters. The fourth-order valence-corrected chi connectivity index (χ4v) is 9.09. The number of hydrazine groups is 1. The number of anilines is 1. The van der Waals surface area contributed by atoms with Crippen molar-refractivity contribution < 1.29 is 56.8 Å². The Morgan fingerprint density at radius 2 is 1.67 bits per heavy atom. The number of carboxylic acids is 1. The maximum Gasteiger partial charge on any atom is 0.573 e. The normalized spacial score (nSPS) is 26.3. The van der Waals surface area contributed by atoms with Crippen LogP contribution in [0.1, 0.15) is 36.3 Å². The summed E-state index contributed by atoms with van der Waals surface area (Å²) in [6, 6.07) is 13.3. The standard InChI is InChI=1S/C37H30Cl2F3N3O9/c1-53-19-5-2-17(3-6-19)36-25(33(50)45(35(36)52)43-27-10-4-18(38)14-26(27)39)16-23-21(31(36)24-15-20(7-11-28(24)46)54-37(40,41)42)8-9-22-30(23)34(51)44(32(22)49)13-12-29(47)48/h2-8,10-11,14-15,22-23,25,30-31,43,46H,9,12-13,16H2,1H3,(H,47,48)/t22-,23+,25-,30-,31+,36+/m0/s1. The number of amides is 4. The van der Waals surface area contributed by atoms with Gasteiger partial charge in [0.2, 0.25) is 11.8 Å². The van der Waals surface area contributed by atoms with Crippen molar-refractivity contribution in [1.82, 2.24) is 9.91 Å². The number of imide groups is 2. The minimum Gasteiger partial charge on any atom is -0.508 e. The molecule has 2 aliphatic carbocycles. The van der Waals surface area contributed by atoms with Crippen molar-refractivity contribution in [2.45, 2.75) is 37.0 Å². The Hall–Kier alpha value is -5.28. The number of nitrogens with one attached hydrogen (secondary N) is 1. The van der Waals surface area contributed by atoms with E-state index in [0.29, 0.717) is 11.3 Å². The lowest BCUT2D eigenvalue weighted by atomic mass is 9.49. The van der Waals surface area contributed by atoms with E-state index in [1.54, 1.807) is 30.3 Å². The van der Waals surface area contributed by atoms with Gasteiger partial charge in [0.1, 0.15) is 17.2 Å². The van der Waals surface area contributed by atoms with Crippen molar-refractivity contribution >= 4 is 58.5 Å². The van der Waals surface area contributed by atoms with Gasteiger partial charge < -0.3 is 19.7 Å². The number of fused-ring (bicyclic) bond motifs is 4. The number of phenols is 1. The first-order valence-electron chi connectivity index (χ1n) is 16.7. The van der Waals surface area contributed by atoms with E-state index in [1.165, 1.54) is 25.3 Å². The molecule has 2 heterocycles. The van der Waals surface area contributed by atoms with Gasteiger partial charge in [-0.2, -0.15) is 5.01 Å². The molecular formula is C37H30Cl2F3N3O9. The average molecular weight is 789 g/mol. The van der Waals surface area contributed by atoms with E-state index in [4.69, 9.17) is 27.9 Å². The maximum absolute atomic E-state index is 15.3. The molecule has 17 heteroatoms. The van der Waals surface area contributed by atoms with Gasteiger partial charge >= 0.3 is 12.3 Å². The summed E-state index contributed by atoms with van der Waals surface area (Å²) in [6.07, 6.45) is -4.24. The van der Waals surface area contributed by atoms with Crippen LogP contribution in [0.2, 0.25) is 10.0 Å². The van der Waals surface area contributed by atoms with Crippen LogP contribution >= 0.6 is 23.2 Å². The van der Waals surface area contributed by atoms with Gasteiger partial charge in [-0.1, -0.05) is 47.0 Å². The Morgan fingerprint density at radius 1 is 0.963 bits per heavy atom. The number of methoxy groups -OCH3 is 1. The number of halogens is 5. The molecule has 4 aliphatic rings. The molecule has 0 spiro atoms. The molecule has 3 fully saturated rings. The van der Waals surface area contributed by atoms with Crippen molar-refractivity contribution in [2.24, 2.45) is 23.7 Å². The molecule has 54 heavy (non-hydrogen) atoms. The minimum absolute atomic E-state index is 0.0471. The number of nitrogens with zero attached hydrogens (tertiary/aromatic N) is 2. The molecule has 6 atom stereocenters. The van der Waals surface area contributed by atoms with Crippen LogP contribution in [0, 0.1) is 23.7 Å². The van der Waals surface area contributed by atoms with E-state index in [-0.39, 0.29) is 46.2 Å². The molecule has 4 amide bonds. The zero-order chi connectivity index (χ0) is 38.9. The molecule has 3 aromatic carbocycles. The van der Waals surface area contributed by atoms with E-state index in [1.807, 2.05) is 0 Å². The number of hydrogen-bond donors (Lipinski definition) is 3. The number of ether oxygens (including phenoxy) is 2. The van der Waals surface area contributed by atoms with Crippen molar-refractivity contribution in [1.29, 1.82) is 0 Å². The quantitative estimate of drug-likeness (QED) is 0.172. The minimum atomic E-state index is -5.13. The molecule has 1 saturated carbocycles. The van der Waals surface area contributed by atoms with Gasteiger partial charge in [0.15, 0.2) is 0 Å². The Bertz CT molecular complexity index is 2130. The molecule has 2 aliphatic heterocycles. The molecule has 12 nitrogen and oxygen atoms in total. The van der Waals surface area contributed by atoms with Crippen LogP contribution in [0.4, 0.5) is 18.9 Å². The molecule has 3 N–H and O–H groups in total. The third-order valence-electron chi connectivity index (χ3n) is 10.8. The number of aromatic hydroxyl groups is 1. The van der Waals surface area contributed by atoms with Crippen LogP contribution in [0.15, 0.2) is 72.3 Å². The number of carbonyl (C=O) groups is 5. The molecule has 282 valence electrons. The highest BCUT2D eigenvalue weighted by Gasteiger charge is 2.70. The van der Waals surface area contributed by atoms with Gasteiger partial charge in [0, 0.05) is 23.0 Å². The van der Waals surface area contributed by atoms with E-state index in [2.05, 4.69) is 10.2 Å². The maximum atomic E-state index is 15.3. The van der Waals surface area contributed by atoms with Crippen LogP contribution in [-0.2, 0) is 29.4 Å². The van der Waals surface area contributed by atoms with Gasteiger partial charge in [0.05, 0.1) is 47.4 Å². The smallest absolute Gasteiger partial charge is 0.508 e. The summed E-state index contributed by atoms with van der Waals surface area (Å²) >= 11 is 12.5. The van der Waals surface area contributed by atoms with E-state index >= 15 is 4.79 Å². The first-order valence-corrected chi connectivity index (χ1v) is 17.4. The highest BCUT2D eigenvalue weighted by atomic mass is 35.5. The summed E-state index contributed by atoms with van der Waals surface area (Å²) in [7, 11) is 1.42. The summed E-state index contributed by atoms with van der Waals surface area (Å²) in [6.45, 7) is -0.390. The number of alkyl halides is 3. The lowest BCUT2D eigenvalue weighted by molar-refractivity contribution is -0.274. The first kappa shape index (κ1) is 37.1. The topological polar surface area (TPSA) is 163 Å². The zero-order valence-electron chi connectivity index (χ0n) is 28.1. The Labute approximate surface area is 315 Å². The largest absolute Gasteiger partial charge is 0.573 e. The van der Waals surface area contributed by atoms with Crippen molar-refractivity contribution in [3.8, 4) is 17.2 Å². The zero-order valence-corrected chi connectivity index (χ0v) is 29.6. The fraction of sp³-hybridized carbons (Fsp3) is 0.324. The number of allylic oxidation sites excluding steroid dienone is 2.